The number of hydrogen-bond donors (Lipinski definition) is 0. The van der Waals surface area contributed by atoms with E-state index >= 15 is 0 Å². The van der Waals surface area contributed by atoms with Crippen molar-refractivity contribution in [2.24, 2.45) is 5.92 Å². The third-order valence-corrected chi connectivity index (χ3v) is 2.39. The highest BCUT2D eigenvalue weighted by Crippen LogP contribution is 2.22. The summed E-state index contributed by atoms with van der Waals surface area (Å²) in [5.74, 6) is 6.14. The van der Waals surface area contributed by atoms with Crippen LogP contribution in [0.4, 0.5) is 0 Å². The molecule has 72 valence electrons. The van der Waals surface area contributed by atoms with Gasteiger partial charge in [0.05, 0.1) is 0 Å². The molecule has 0 saturated heterocycles. The molecule has 1 rings (SSSR count). The Morgan fingerprint density at radius 1 is 1.23 bits per heavy atom. The fraction of sp³-hybridized carbons (Fsp3) is 0.727. The van der Waals surface area contributed by atoms with Gasteiger partial charge in [0.25, 0.3) is 5.91 Å². The van der Waals surface area contributed by atoms with Crippen LogP contribution in [-0.4, -0.2) is 24.9 Å². The minimum atomic E-state index is -0.0782. The molecule has 0 aliphatic heterocycles. The summed E-state index contributed by atoms with van der Waals surface area (Å²) in [6, 6.07) is 0. The van der Waals surface area contributed by atoms with Crippen LogP contribution in [0.2, 0.25) is 0 Å². The van der Waals surface area contributed by atoms with Gasteiger partial charge in [-0.15, -0.1) is 0 Å². The first-order valence-electron chi connectivity index (χ1n) is 4.93. The van der Waals surface area contributed by atoms with Crippen LogP contribution < -0.4 is 0 Å². The standard InChI is InChI=1S/C11H17NO/c1-12(2)11(13)9-8-10-6-4-3-5-7-10/h10H,3-7H2,1-2H3. The van der Waals surface area contributed by atoms with Crippen molar-refractivity contribution in [3.63, 3.8) is 0 Å². The van der Waals surface area contributed by atoms with Gasteiger partial charge in [0.1, 0.15) is 0 Å². The number of amides is 1. The lowest BCUT2D eigenvalue weighted by atomic mass is 9.90. The van der Waals surface area contributed by atoms with Crippen LogP contribution in [0.3, 0.4) is 0 Å². The molecule has 0 aromatic rings. The molecule has 0 aromatic heterocycles. The van der Waals surface area contributed by atoms with Gasteiger partial charge in [-0.1, -0.05) is 25.2 Å². The van der Waals surface area contributed by atoms with E-state index in [2.05, 4.69) is 11.8 Å². The second kappa shape index (κ2) is 4.91. The minimum absolute atomic E-state index is 0.0782. The molecule has 1 fully saturated rings. The van der Waals surface area contributed by atoms with E-state index in [9.17, 15) is 4.79 Å². The summed E-state index contributed by atoms with van der Waals surface area (Å²) in [6.45, 7) is 0. The average molecular weight is 179 g/mol. The molecule has 0 N–H and O–H groups in total. The van der Waals surface area contributed by atoms with Crippen LogP contribution in [0.15, 0.2) is 0 Å². The Bertz CT molecular complexity index is 228. The summed E-state index contributed by atoms with van der Waals surface area (Å²) >= 11 is 0. The quantitative estimate of drug-likeness (QED) is 0.518. The maximum Gasteiger partial charge on any atom is 0.297 e. The van der Waals surface area contributed by atoms with Gasteiger partial charge in [-0.3, -0.25) is 4.79 Å². The summed E-state index contributed by atoms with van der Waals surface area (Å²) < 4.78 is 0. The second-order valence-electron chi connectivity index (χ2n) is 3.80. The van der Waals surface area contributed by atoms with Crippen molar-refractivity contribution >= 4 is 5.91 Å². The van der Waals surface area contributed by atoms with Crippen molar-refractivity contribution in [1.82, 2.24) is 4.90 Å². The second-order valence-corrected chi connectivity index (χ2v) is 3.80. The van der Waals surface area contributed by atoms with Crippen molar-refractivity contribution in [2.75, 3.05) is 14.1 Å². The lowest BCUT2D eigenvalue weighted by Crippen LogP contribution is -2.19. The number of carbonyl (C=O) groups is 1. The molecule has 0 spiro atoms. The Morgan fingerprint density at radius 3 is 2.38 bits per heavy atom. The van der Waals surface area contributed by atoms with Gasteiger partial charge in [0.15, 0.2) is 0 Å². The van der Waals surface area contributed by atoms with Gasteiger partial charge in [0, 0.05) is 20.0 Å². The van der Waals surface area contributed by atoms with Crippen molar-refractivity contribution in [3.8, 4) is 11.8 Å². The molecule has 2 heteroatoms. The van der Waals surface area contributed by atoms with Crippen LogP contribution in [0, 0.1) is 17.8 Å². The minimum Gasteiger partial charge on any atom is -0.338 e. The molecule has 1 amide bonds. The van der Waals surface area contributed by atoms with Crippen LogP contribution in [-0.2, 0) is 4.79 Å². The van der Waals surface area contributed by atoms with Gasteiger partial charge in [0.2, 0.25) is 0 Å². The predicted octanol–water partition coefficient (Wildman–Crippen LogP) is 1.66. The molecule has 0 bridgehead atoms. The monoisotopic (exact) mass is 179 g/mol. The van der Waals surface area contributed by atoms with E-state index in [1.807, 2.05) is 0 Å². The maximum atomic E-state index is 11.1. The van der Waals surface area contributed by atoms with Crippen LogP contribution in [0.1, 0.15) is 32.1 Å². The Kier molecular flexibility index (Phi) is 3.82. The first kappa shape index (κ1) is 10.1. The van der Waals surface area contributed by atoms with E-state index < -0.39 is 0 Å². The third kappa shape index (κ3) is 3.50. The fourth-order valence-corrected chi connectivity index (χ4v) is 1.52. The molecule has 0 aromatic carbocycles. The highest BCUT2D eigenvalue weighted by molar-refractivity contribution is 5.93. The lowest BCUT2D eigenvalue weighted by molar-refractivity contribution is -0.122. The molecule has 2 nitrogen and oxygen atoms in total. The first-order chi connectivity index (χ1) is 6.20. The maximum absolute atomic E-state index is 11.1. The van der Waals surface area contributed by atoms with Gasteiger partial charge < -0.3 is 4.90 Å². The van der Waals surface area contributed by atoms with Gasteiger partial charge in [-0.25, -0.2) is 0 Å². The topological polar surface area (TPSA) is 20.3 Å². The van der Waals surface area contributed by atoms with E-state index in [1.165, 1.54) is 37.0 Å². The Balaban J connectivity index is 2.40. The molecule has 1 saturated carbocycles. The molecular weight excluding hydrogens is 162 g/mol. The van der Waals surface area contributed by atoms with Crippen molar-refractivity contribution in [3.05, 3.63) is 0 Å². The number of hydrogen-bond acceptors (Lipinski definition) is 1. The molecule has 13 heavy (non-hydrogen) atoms. The van der Waals surface area contributed by atoms with Crippen LogP contribution in [0.5, 0.6) is 0 Å². The predicted molar refractivity (Wildman–Crippen MR) is 53.0 cm³/mol. The summed E-state index contributed by atoms with van der Waals surface area (Å²) in [5.41, 5.74) is 0. The average Bonchev–Trinajstić information content (AvgIpc) is 2.15. The lowest BCUT2D eigenvalue weighted by Gasteiger charge is -2.15. The molecule has 1 aliphatic rings. The normalized spacial score (nSPS) is 17.4. The summed E-state index contributed by atoms with van der Waals surface area (Å²) in [7, 11) is 3.47. The summed E-state index contributed by atoms with van der Waals surface area (Å²) in [5, 5.41) is 0. The fourth-order valence-electron chi connectivity index (χ4n) is 1.52. The van der Waals surface area contributed by atoms with Crippen molar-refractivity contribution in [1.29, 1.82) is 0 Å². The molecule has 1 aliphatic carbocycles. The molecular formula is C11H17NO. The Labute approximate surface area is 80.3 Å². The Hall–Kier alpha value is -0.970. The van der Waals surface area contributed by atoms with Crippen molar-refractivity contribution < 1.29 is 4.79 Å². The van der Waals surface area contributed by atoms with E-state index in [1.54, 1.807) is 14.1 Å². The summed E-state index contributed by atoms with van der Waals surface area (Å²) in [6.07, 6.45) is 6.23. The number of rotatable bonds is 0. The number of carbonyl (C=O) groups excluding carboxylic acids is 1. The van der Waals surface area contributed by atoms with Crippen LogP contribution >= 0.6 is 0 Å². The molecule has 0 atom stereocenters. The Morgan fingerprint density at radius 2 is 1.85 bits per heavy atom. The van der Waals surface area contributed by atoms with Crippen LogP contribution in [0.25, 0.3) is 0 Å². The largest absolute Gasteiger partial charge is 0.338 e. The SMILES string of the molecule is CN(C)C(=O)C#CC1CCCCC1. The number of nitrogens with zero attached hydrogens (tertiary/aromatic N) is 1. The zero-order valence-electron chi connectivity index (χ0n) is 8.47. The van der Waals surface area contributed by atoms with E-state index in [-0.39, 0.29) is 5.91 Å². The highest BCUT2D eigenvalue weighted by atomic mass is 16.2. The van der Waals surface area contributed by atoms with E-state index in [4.69, 9.17) is 0 Å². The van der Waals surface area contributed by atoms with Gasteiger partial charge in [-0.05, 0) is 18.8 Å². The molecule has 0 radical (unpaired) electrons. The zero-order valence-corrected chi connectivity index (χ0v) is 8.47. The first-order valence-corrected chi connectivity index (χ1v) is 4.93. The van der Waals surface area contributed by atoms with Crippen molar-refractivity contribution in [2.45, 2.75) is 32.1 Å². The zero-order chi connectivity index (χ0) is 9.68. The smallest absolute Gasteiger partial charge is 0.297 e. The third-order valence-electron chi connectivity index (χ3n) is 2.39. The van der Waals surface area contributed by atoms with Gasteiger partial charge in [-0.2, -0.15) is 0 Å². The molecule has 0 heterocycles. The molecule has 0 unspecified atom stereocenters. The highest BCUT2D eigenvalue weighted by Gasteiger charge is 2.10. The van der Waals surface area contributed by atoms with E-state index in [0.717, 1.165) is 0 Å². The van der Waals surface area contributed by atoms with Gasteiger partial charge >= 0.3 is 0 Å². The van der Waals surface area contributed by atoms with E-state index in [0.29, 0.717) is 5.92 Å². The summed E-state index contributed by atoms with van der Waals surface area (Å²) in [4.78, 5) is 12.7.